The third-order valence-corrected chi connectivity index (χ3v) is 5.75. The number of carbonyl (C=O) groups is 1. The Labute approximate surface area is 230 Å². The van der Waals surface area contributed by atoms with Crippen LogP contribution in [0.1, 0.15) is 45.6 Å². The summed E-state index contributed by atoms with van der Waals surface area (Å²) in [6.07, 6.45) is 14.1. The highest BCUT2D eigenvalue weighted by Gasteiger charge is 2.24. The maximum absolute atomic E-state index is 12.4. The summed E-state index contributed by atoms with van der Waals surface area (Å²) in [7, 11) is 0. The van der Waals surface area contributed by atoms with Gasteiger partial charge in [0.15, 0.2) is 0 Å². The molecule has 1 aromatic heterocycles. The molecule has 1 heterocycles. The molecule has 0 bridgehead atoms. The Kier molecular flexibility index (Phi) is 15.1. The highest BCUT2D eigenvalue weighted by molar-refractivity contribution is 6.39. The molecule has 1 atom stereocenters. The molecule has 200 valence electrons. The Morgan fingerprint density at radius 2 is 2.11 bits per heavy atom. The zero-order valence-electron chi connectivity index (χ0n) is 21.8. The SMILES string of the molecule is C=N/C(=C\C(=C)C(=O)NCc1ccc(N/C=C/Cl)nc1)CC/C=C/C=C(/Cl)C=NCC(CC)C(C)(C)O. The molecule has 9 heteroatoms. The van der Waals surface area contributed by atoms with Gasteiger partial charge in [-0.3, -0.25) is 14.8 Å². The van der Waals surface area contributed by atoms with Crippen molar-refractivity contribution in [3.8, 4) is 0 Å². The van der Waals surface area contributed by atoms with E-state index in [1.54, 1.807) is 50.7 Å². The Morgan fingerprint density at radius 3 is 2.70 bits per heavy atom. The summed E-state index contributed by atoms with van der Waals surface area (Å²) in [6.45, 7) is 13.9. The maximum atomic E-state index is 12.4. The minimum Gasteiger partial charge on any atom is -0.390 e. The van der Waals surface area contributed by atoms with Crippen molar-refractivity contribution >= 4 is 47.9 Å². The van der Waals surface area contributed by atoms with E-state index in [4.69, 9.17) is 23.2 Å². The van der Waals surface area contributed by atoms with Crippen molar-refractivity contribution in [1.82, 2.24) is 10.3 Å². The molecule has 0 saturated carbocycles. The van der Waals surface area contributed by atoms with Crippen molar-refractivity contribution in [2.45, 2.75) is 52.2 Å². The smallest absolute Gasteiger partial charge is 0.251 e. The molecule has 0 radical (unpaired) electrons. The standard InChI is InChI=1S/C28H37Cl2N5O2/c1-6-23(28(3,4)37)19-32-20-24(30)10-8-7-9-11-25(31-5)16-21(2)27(36)35-18-22-12-13-26(34-17-22)33-15-14-29/h7-8,10,12-17,20,23,37H,2,5-6,9,11,18-19H2,1,3-4H3,(H,33,34)(H,35,36)/b8-7+,15-14+,24-10+,25-16-,32-20?. The topological polar surface area (TPSA) is 99.0 Å². The second-order valence-corrected chi connectivity index (χ2v) is 9.45. The largest absolute Gasteiger partial charge is 0.390 e. The average molecular weight is 547 g/mol. The molecule has 0 aliphatic heterocycles. The van der Waals surface area contributed by atoms with Crippen LogP contribution in [0, 0.1) is 5.92 Å². The molecule has 0 spiro atoms. The number of nitrogens with zero attached hydrogens (tertiary/aromatic N) is 3. The lowest BCUT2D eigenvalue weighted by atomic mass is 9.89. The molecule has 0 aliphatic carbocycles. The molecular formula is C28H37Cl2N5O2. The number of carbonyl (C=O) groups excluding carboxylic acids is 1. The van der Waals surface area contributed by atoms with Gasteiger partial charge in [-0.15, -0.1) is 0 Å². The predicted molar refractivity (Wildman–Crippen MR) is 157 cm³/mol. The zero-order valence-corrected chi connectivity index (χ0v) is 23.3. The van der Waals surface area contributed by atoms with Crippen molar-refractivity contribution in [3.63, 3.8) is 0 Å². The number of hydrogen-bond donors (Lipinski definition) is 3. The van der Waals surface area contributed by atoms with Crippen molar-refractivity contribution in [1.29, 1.82) is 0 Å². The van der Waals surface area contributed by atoms with Crippen molar-refractivity contribution in [2.75, 3.05) is 11.9 Å². The number of aromatic nitrogens is 1. The lowest BCUT2D eigenvalue weighted by Gasteiger charge is -2.26. The lowest BCUT2D eigenvalue weighted by molar-refractivity contribution is -0.117. The monoisotopic (exact) mass is 545 g/mol. The quantitative estimate of drug-likeness (QED) is 0.129. The zero-order chi connectivity index (χ0) is 27.7. The minimum atomic E-state index is -0.775. The van der Waals surface area contributed by atoms with Gasteiger partial charge in [-0.1, -0.05) is 54.9 Å². The minimum absolute atomic E-state index is 0.0718. The van der Waals surface area contributed by atoms with E-state index in [-0.39, 0.29) is 11.8 Å². The van der Waals surface area contributed by atoms with Crippen molar-refractivity contribution in [2.24, 2.45) is 15.9 Å². The highest BCUT2D eigenvalue weighted by atomic mass is 35.5. The van der Waals surface area contributed by atoms with Crippen LogP contribution in [-0.4, -0.2) is 41.1 Å². The molecule has 37 heavy (non-hydrogen) atoms. The second-order valence-electron chi connectivity index (χ2n) is 8.76. The molecule has 1 aromatic rings. The number of amides is 1. The first-order valence-electron chi connectivity index (χ1n) is 12.0. The van der Waals surface area contributed by atoms with Gasteiger partial charge < -0.3 is 15.7 Å². The van der Waals surface area contributed by atoms with Crippen LogP contribution >= 0.6 is 23.2 Å². The van der Waals surface area contributed by atoms with Crippen LogP contribution < -0.4 is 10.6 Å². The molecule has 0 aliphatic rings. The summed E-state index contributed by atoms with van der Waals surface area (Å²) in [4.78, 5) is 25.0. The summed E-state index contributed by atoms with van der Waals surface area (Å²) < 4.78 is 0. The van der Waals surface area contributed by atoms with Crippen LogP contribution in [-0.2, 0) is 11.3 Å². The van der Waals surface area contributed by atoms with Gasteiger partial charge in [-0.2, -0.15) is 0 Å². The average Bonchev–Trinajstić information content (AvgIpc) is 2.87. The van der Waals surface area contributed by atoms with E-state index in [1.165, 1.54) is 5.54 Å². The Morgan fingerprint density at radius 1 is 1.35 bits per heavy atom. The normalized spacial score (nSPS) is 13.9. The van der Waals surface area contributed by atoms with Gasteiger partial charge in [0.25, 0.3) is 5.91 Å². The first kappa shape index (κ1) is 32.0. The number of aliphatic imine (C=N–C) groups is 2. The van der Waals surface area contributed by atoms with Gasteiger partial charge >= 0.3 is 0 Å². The third kappa shape index (κ3) is 13.8. The van der Waals surface area contributed by atoms with Gasteiger partial charge in [-0.25, -0.2) is 4.98 Å². The lowest BCUT2D eigenvalue weighted by Crippen LogP contribution is -2.32. The molecule has 1 unspecified atom stereocenters. The summed E-state index contributed by atoms with van der Waals surface area (Å²) >= 11 is 11.7. The highest BCUT2D eigenvalue weighted by Crippen LogP contribution is 2.20. The number of nitrogens with one attached hydrogen (secondary N) is 2. The van der Waals surface area contributed by atoms with E-state index in [0.717, 1.165) is 12.0 Å². The van der Waals surface area contributed by atoms with Crippen LogP contribution in [0.3, 0.4) is 0 Å². The molecule has 0 aromatic carbocycles. The molecule has 7 nitrogen and oxygen atoms in total. The van der Waals surface area contributed by atoms with E-state index >= 15 is 0 Å². The number of rotatable bonds is 16. The fourth-order valence-corrected chi connectivity index (χ4v) is 3.35. The van der Waals surface area contributed by atoms with Gasteiger partial charge in [0.2, 0.25) is 0 Å². The van der Waals surface area contributed by atoms with Gasteiger partial charge in [-0.05, 0) is 63.6 Å². The van der Waals surface area contributed by atoms with E-state index in [2.05, 4.69) is 38.9 Å². The first-order valence-corrected chi connectivity index (χ1v) is 12.8. The summed E-state index contributed by atoms with van der Waals surface area (Å²) in [6, 6.07) is 3.64. The van der Waals surface area contributed by atoms with Gasteiger partial charge in [0, 0.05) is 54.4 Å². The number of pyridine rings is 1. The van der Waals surface area contributed by atoms with E-state index in [1.807, 2.05) is 25.1 Å². The fraction of sp³-hybridized carbons (Fsp3) is 0.357. The van der Waals surface area contributed by atoms with E-state index in [0.29, 0.717) is 48.1 Å². The van der Waals surface area contributed by atoms with Gasteiger partial charge in [0.1, 0.15) is 5.82 Å². The molecule has 1 amide bonds. The Balaban J connectivity index is 2.50. The molecule has 0 saturated heterocycles. The van der Waals surface area contributed by atoms with Crippen molar-refractivity contribution < 1.29 is 9.90 Å². The summed E-state index contributed by atoms with van der Waals surface area (Å²) in [5.74, 6) is 0.420. The molecule has 1 rings (SSSR count). The van der Waals surface area contributed by atoms with Crippen LogP contribution in [0.25, 0.3) is 0 Å². The van der Waals surface area contributed by atoms with E-state index < -0.39 is 5.60 Å². The summed E-state index contributed by atoms with van der Waals surface area (Å²) in [5, 5.41) is 16.3. The molecule has 0 fully saturated rings. The predicted octanol–water partition coefficient (Wildman–Crippen LogP) is 6.29. The molecular weight excluding hydrogens is 509 g/mol. The van der Waals surface area contributed by atoms with Crippen LogP contribution in [0.4, 0.5) is 5.82 Å². The Hall–Kier alpha value is -3.00. The number of aliphatic hydroxyl groups is 1. The maximum Gasteiger partial charge on any atom is 0.251 e. The molecule has 3 N–H and O–H groups in total. The third-order valence-electron chi connectivity index (χ3n) is 5.40. The van der Waals surface area contributed by atoms with Crippen LogP contribution in [0.2, 0.25) is 0 Å². The van der Waals surface area contributed by atoms with Crippen molar-refractivity contribution in [3.05, 3.63) is 82.8 Å². The van der Waals surface area contributed by atoms with E-state index in [9.17, 15) is 9.90 Å². The fourth-order valence-electron chi connectivity index (χ4n) is 3.14. The van der Waals surface area contributed by atoms with Crippen LogP contribution in [0.5, 0.6) is 0 Å². The number of anilines is 1. The number of allylic oxidation sites excluding steroid dienone is 5. The summed E-state index contributed by atoms with van der Waals surface area (Å²) in [5.41, 5.74) is 2.37. The van der Waals surface area contributed by atoms with Gasteiger partial charge in [0.05, 0.1) is 10.6 Å². The first-order chi connectivity index (χ1) is 17.6. The second kappa shape index (κ2) is 17.5. The van der Waals surface area contributed by atoms with Crippen LogP contribution in [0.15, 0.2) is 87.2 Å². The number of halogens is 2. The Bertz CT molecular complexity index is 1040. The number of hydrogen-bond acceptors (Lipinski definition) is 6.